The number of aliphatic hydroxyl groups excluding tert-OH is 1. The van der Waals surface area contributed by atoms with E-state index < -0.39 is 12.1 Å². The van der Waals surface area contributed by atoms with Gasteiger partial charge >= 0.3 is 5.97 Å². The number of nitrogens with zero attached hydrogens (tertiary/aromatic N) is 1. The Bertz CT molecular complexity index is 669. The molecule has 1 aromatic rings. The number of thiocarbonyl (C=S) groups is 1. The van der Waals surface area contributed by atoms with Crippen molar-refractivity contribution in [2.75, 3.05) is 0 Å². The molecule has 1 fully saturated rings. The lowest BCUT2D eigenvalue weighted by Crippen LogP contribution is -2.59. The maximum atomic E-state index is 11.6. The number of aliphatic hydroxyl groups is 1. The summed E-state index contributed by atoms with van der Waals surface area (Å²) in [5.41, 5.74) is 1.13. The summed E-state index contributed by atoms with van der Waals surface area (Å²) in [5, 5.41) is 28.5. The third-order valence-electron chi connectivity index (χ3n) is 3.88. The Morgan fingerprint density at radius 1 is 1.41 bits per heavy atom. The van der Waals surface area contributed by atoms with Gasteiger partial charge in [0.25, 0.3) is 0 Å². The second-order valence-corrected chi connectivity index (χ2v) is 7.03. The molecule has 0 saturated carbocycles. The standard InChI is InChI=1S/C15H15NO4S2/c1-7(17)11-13(21)16-12(15(19)20)10(22-14(11)16)6-8-2-4-9(18)5-3-8/h2-5,7,11,14,17-18H,6H2,1H3,(H,19,20)/t7?,11-,14-/m1/s1. The maximum Gasteiger partial charge on any atom is 0.353 e. The van der Waals surface area contributed by atoms with Crippen molar-refractivity contribution >= 4 is 34.9 Å². The minimum atomic E-state index is -1.00. The molecule has 22 heavy (non-hydrogen) atoms. The first-order valence-corrected chi connectivity index (χ1v) is 8.11. The second-order valence-electron chi connectivity index (χ2n) is 5.40. The van der Waals surface area contributed by atoms with Crippen molar-refractivity contribution in [3.63, 3.8) is 0 Å². The van der Waals surface area contributed by atoms with Crippen molar-refractivity contribution in [1.29, 1.82) is 0 Å². The number of rotatable bonds is 4. The smallest absolute Gasteiger partial charge is 0.353 e. The molecule has 0 aromatic heterocycles. The molecular formula is C15H15NO4S2. The molecule has 2 aliphatic rings. The Morgan fingerprint density at radius 2 is 2.05 bits per heavy atom. The van der Waals surface area contributed by atoms with E-state index in [2.05, 4.69) is 0 Å². The molecule has 2 heterocycles. The summed E-state index contributed by atoms with van der Waals surface area (Å²) in [6.07, 6.45) is -0.126. The van der Waals surface area contributed by atoms with Crippen LogP contribution in [0.1, 0.15) is 12.5 Å². The Morgan fingerprint density at radius 3 is 2.59 bits per heavy atom. The van der Waals surface area contributed by atoms with Gasteiger partial charge in [-0.05, 0) is 24.6 Å². The number of carboxylic acid groups (broad SMARTS) is 1. The van der Waals surface area contributed by atoms with Crippen LogP contribution in [0.2, 0.25) is 0 Å². The fourth-order valence-corrected chi connectivity index (χ4v) is 5.13. The van der Waals surface area contributed by atoms with E-state index in [1.54, 1.807) is 36.1 Å². The van der Waals surface area contributed by atoms with E-state index in [4.69, 9.17) is 12.2 Å². The lowest BCUT2D eigenvalue weighted by molar-refractivity contribution is -0.134. The number of phenolic OH excluding ortho intramolecular Hbond substituents is 1. The van der Waals surface area contributed by atoms with Crippen LogP contribution >= 0.6 is 24.0 Å². The summed E-state index contributed by atoms with van der Waals surface area (Å²) in [6, 6.07) is 6.69. The molecular weight excluding hydrogens is 322 g/mol. The number of phenols is 1. The number of thioether (sulfide) groups is 1. The Hall–Kier alpha value is -1.57. The van der Waals surface area contributed by atoms with E-state index in [1.165, 1.54) is 11.8 Å². The molecule has 7 heteroatoms. The van der Waals surface area contributed by atoms with E-state index in [0.717, 1.165) is 10.5 Å². The first kappa shape index (κ1) is 15.3. The van der Waals surface area contributed by atoms with Gasteiger partial charge in [-0.15, -0.1) is 11.8 Å². The van der Waals surface area contributed by atoms with Crippen molar-refractivity contribution < 1.29 is 20.1 Å². The van der Waals surface area contributed by atoms with Crippen LogP contribution in [0, 0.1) is 5.92 Å². The lowest BCUT2D eigenvalue weighted by Gasteiger charge is -2.46. The SMILES string of the molecule is CC(O)[C@@H]1C(=S)N2C(C(=O)O)=C(Cc3ccc(O)cc3)S[C@H]12. The van der Waals surface area contributed by atoms with Crippen molar-refractivity contribution in [2.24, 2.45) is 5.92 Å². The van der Waals surface area contributed by atoms with Crippen LogP contribution < -0.4 is 0 Å². The van der Waals surface area contributed by atoms with Crippen molar-refractivity contribution in [3.8, 4) is 5.75 Å². The molecule has 0 spiro atoms. The summed E-state index contributed by atoms with van der Waals surface area (Å²) in [6.45, 7) is 1.67. The number of fused-ring (bicyclic) bond motifs is 1. The largest absolute Gasteiger partial charge is 0.508 e. The van der Waals surface area contributed by atoms with Crippen LogP contribution in [0.25, 0.3) is 0 Å². The van der Waals surface area contributed by atoms with Gasteiger partial charge in [-0.1, -0.05) is 24.4 Å². The number of carbonyl (C=O) groups is 1. The number of aromatic hydroxyl groups is 1. The van der Waals surface area contributed by atoms with Crippen molar-refractivity contribution in [3.05, 3.63) is 40.4 Å². The highest BCUT2D eigenvalue weighted by molar-refractivity contribution is 8.04. The zero-order chi connectivity index (χ0) is 16.0. The average molecular weight is 337 g/mol. The quantitative estimate of drug-likeness (QED) is 0.725. The first-order chi connectivity index (χ1) is 10.4. The Labute approximate surface area is 137 Å². The number of hydrogen-bond donors (Lipinski definition) is 3. The molecule has 2 aliphatic heterocycles. The van der Waals surface area contributed by atoms with Gasteiger partial charge in [-0.2, -0.15) is 0 Å². The fraction of sp³-hybridized carbons (Fsp3) is 0.333. The zero-order valence-electron chi connectivity index (χ0n) is 11.8. The Balaban J connectivity index is 1.88. The van der Waals surface area contributed by atoms with E-state index in [1.807, 2.05) is 0 Å². The molecule has 3 rings (SSSR count). The van der Waals surface area contributed by atoms with Gasteiger partial charge in [0.1, 0.15) is 11.4 Å². The van der Waals surface area contributed by atoms with Crippen LogP contribution in [-0.4, -0.2) is 42.7 Å². The van der Waals surface area contributed by atoms with E-state index in [0.29, 0.717) is 11.4 Å². The van der Waals surface area contributed by atoms with Gasteiger partial charge in [-0.25, -0.2) is 4.79 Å². The van der Waals surface area contributed by atoms with Crippen LogP contribution in [-0.2, 0) is 11.2 Å². The van der Waals surface area contributed by atoms with Gasteiger partial charge in [0, 0.05) is 11.3 Å². The normalized spacial score (nSPS) is 25.0. The minimum absolute atomic E-state index is 0.134. The molecule has 3 N–H and O–H groups in total. The summed E-state index contributed by atoms with van der Waals surface area (Å²) >= 11 is 6.72. The van der Waals surface area contributed by atoms with Gasteiger partial charge in [0.15, 0.2) is 0 Å². The predicted octanol–water partition coefficient (Wildman–Crippen LogP) is 1.94. The average Bonchev–Trinajstić information content (AvgIpc) is 2.75. The third-order valence-corrected chi connectivity index (χ3v) is 5.71. The van der Waals surface area contributed by atoms with Crippen LogP contribution in [0.15, 0.2) is 34.9 Å². The molecule has 1 saturated heterocycles. The van der Waals surface area contributed by atoms with Crippen molar-refractivity contribution in [1.82, 2.24) is 4.90 Å². The molecule has 0 radical (unpaired) electrons. The molecule has 5 nitrogen and oxygen atoms in total. The second kappa shape index (κ2) is 5.57. The van der Waals surface area contributed by atoms with Gasteiger partial charge in [0.2, 0.25) is 0 Å². The van der Waals surface area contributed by atoms with Gasteiger partial charge in [-0.3, -0.25) is 0 Å². The lowest BCUT2D eigenvalue weighted by atomic mass is 9.93. The highest BCUT2D eigenvalue weighted by Crippen LogP contribution is 2.51. The van der Waals surface area contributed by atoms with E-state index >= 15 is 0 Å². The molecule has 3 atom stereocenters. The topological polar surface area (TPSA) is 81.0 Å². The minimum Gasteiger partial charge on any atom is -0.508 e. The van der Waals surface area contributed by atoms with Gasteiger partial charge < -0.3 is 20.2 Å². The highest BCUT2D eigenvalue weighted by atomic mass is 32.2. The number of carboxylic acids is 1. The maximum absolute atomic E-state index is 11.6. The first-order valence-electron chi connectivity index (χ1n) is 6.82. The molecule has 0 bridgehead atoms. The van der Waals surface area contributed by atoms with Gasteiger partial charge in [0.05, 0.1) is 22.4 Å². The van der Waals surface area contributed by atoms with Crippen LogP contribution in [0.4, 0.5) is 0 Å². The van der Waals surface area contributed by atoms with Crippen LogP contribution in [0.5, 0.6) is 5.75 Å². The highest BCUT2D eigenvalue weighted by Gasteiger charge is 2.54. The predicted molar refractivity (Wildman–Crippen MR) is 87.5 cm³/mol. The van der Waals surface area contributed by atoms with Crippen molar-refractivity contribution in [2.45, 2.75) is 24.8 Å². The number of allylic oxidation sites excluding steroid dienone is 1. The summed E-state index contributed by atoms with van der Waals surface area (Å²) < 4.78 is 0. The Kier molecular flexibility index (Phi) is 3.88. The van der Waals surface area contributed by atoms with Crippen LogP contribution in [0.3, 0.4) is 0 Å². The number of hydrogen-bond acceptors (Lipinski definition) is 5. The summed E-state index contributed by atoms with van der Waals surface area (Å²) in [4.78, 5) is 14.4. The molecule has 1 aromatic carbocycles. The summed E-state index contributed by atoms with van der Waals surface area (Å²) in [7, 11) is 0. The van der Waals surface area contributed by atoms with E-state index in [-0.39, 0.29) is 22.7 Å². The molecule has 116 valence electrons. The zero-order valence-corrected chi connectivity index (χ0v) is 13.4. The molecule has 1 unspecified atom stereocenters. The number of aliphatic carboxylic acids is 1. The summed E-state index contributed by atoms with van der Waals surface area (Å²) in [5.74, 6) is -1.02. The monoisotopic (exact) mass is 337 g/mol. The fourth-order valence-electron chi connectivity index (χ4n) is 2.78. The molecule has 0 aliphatic carbocycles. The molecule has 0 amide bonds. The number of benzene rings is 1. The third kappa shape index (κ3) is 2.39. The van der Waals surface area contributed by atoms with E-state index in [9.17, 15) is 20.1 Å².